The van der Waals surface area contributed by atoms with Gasteiger partial charge in [-0.15, -0.1) is 0 Å². The Balaban J connectivity index is 2.49. The second kappa shape index (κ2) is 6.11. The third-order valence-electron chi connectivity index (χ3n) is 3.36. The lowest BCUT2D eigenvalue weighted by atomic mass is 10.1. The predicted molar refractivity (Wildman–Crippen MR) is 78.2 cm³/mol. The first-order chi connectivity index (χ1) is 8.93. The number of sulfone groups is 2. The van der Waals surface area contributed by atoms with Gasteiger partial charge in [0.05, 0.1) is 22.0 Å². The van der Waals surface area contributed by atoms with E-state index in [1.165, 1.54) is 0 Å². The fourth-order valence-corrected chi connectivity index (χ4v) is 4.48. The van der Waals surface area contributed by atoms with Crippen molar-refractivity contribution in [3.63, 3.8) is 0 Å². The van der Waals surface area contributed by atoms with Crippen molar-refractivity contribution in [1.29, 1.82) is 0 Å². The Morgan fingerprint density at radius 2 is 1.90 bits per heavy atom. The lowest BCUT2D eigenvalue weighted by molar-refractivity contribution is -0.119. The van der Waals surface area contributed by atoms with Crippen molar-refractivity contribution in [3.8, 4) is 0 Å². The molecule has 0 amide bonds. The lowest BCUT2D eigenvalue weighted by Gasteiger charge is -2.23. The summed E-state index contributed by atoms with van der Waals surface area (Å²) in [5.41, 5.74) is 0. The molecule has 0 saturated carbocycles. The predicted octanol–water partition coefficient (Wildman–Crippen LogP) is -0.0644. The summed E-state index contributed by atoms with van der Waals surface area (Å²) < 4.78 is 45.8. The molecule has 0 bridgehead atoms. The Hall–Kier alpha value is -0.470. The molecule has 0 aliphatic carbocycles. The Labute approximate surface area is 121 Å². The van der Waals surface area contributed by atoms with E-state index >= 15 is 0 Å². The van der Waals surface area contributed by atoms with Gasteiger partial charge in [-0.3, -0.25) is 4.79 Å². The van der Waals surface area contributed by atoms with E-state index in [4.69, 9.17) is 0 Å². The molecule has 118 valence electrons. The number of ketones is 1. The zero-order valence-electron chi connectivity index (χ0n) is 12.2. The highest BCUT2D eigenvalue weighted by Crippen LogP contribution is 2.17. The van der Waals surface area contributed by atoms with Crippen LogP contribution in [-0.2, 0) is 24.5 Å². The van der Waals surface area contributed by atoms with E-state index in [0.29, 0.717) is 6.54 Å². The van der Waals surface area contributed by atoms with Gasteiger partial charge in [0.2, 0.25) is 0 Å². The first kappa shape index (κ1) is 17.6. The summed E-state index contributed by atoms with van der Waals surface area (Å²) >= 11 is 0. The molecule has 1 N–H and O–H groups in total. The van der Waals surface area contributed by atoms with E-state index in [-0.39, 0.29) is 35.9 Å². The molecule has 1 rings (SSSR count). The van der Waals surface area contributed by atoms with Crippen molar-refractivity contribution in [2.75, 3.05) is 23.8 Å². The molecular formula is C12H23NO5S2. The number of carbonyl (C=O) groups excluding carboxylic acids is 1. The average Bonchev–Trinajstić information content (AvgIpc) is 2.23. The van der Waals surface area contributed by atoms with Crippen LogP contribution in [0.5, 0.6) is 0 Å². The van der Waals surface area contributed by atoms with E-state index in [2.05, 4.69) is 5.32 Å². The minimum atomic E-state index is -3.32. The maximum Gasteiger partial charge on any atom is 0.155 e. The highest BCUT2D eigenvalue weighted by molar-refractivity contribution is 7.92. The van der Waals surface area contributed by atoms with Crippen LogP contribution in [-0.4, -0.2) is 57.2 Å². The van der Waals surface area contributed by atoms with Gasteiger partial charge in [-0.25, -0.2) is 16.8 Å². The minimum Gasteiger partial charge on any atom is -0.312 e. The summed E-state index contributed by atoms with van der Waals surface area (Å²) in [5, 5.41) is 2.98. The molecular weight excluding hydrogens is 302 g/mol. The maximum absolute atomic E-state index is 11.9. The van der Waals surface area contributed by atoms with Crippen molar-refractivity contribution < 1.29 is 21.6 Å². The van der Waals surface area contributed by atoms with Crippen LogP contribution in [0.15, 0.2) is 0 Å². The summed E-state index contributed by atoms with van der Waals surface area (Å²) in [6.07, 6.45) is 0.0106. The Morgan fingerprint density at radius 1 is 1.30 bits per heavy atom. The van der Waals surface area contributed by atoms with Crippen LogP contribution in [0.3, 0.4) is 0 Å². The second-order valence-corrected chi connectivity index (χ2v) is 11.3. The van der Waals surface area contributed by atoms with E-state index in [0.717, 1.165) is 0 Å². The normalized spacial score (nSPS) is 23.4. The van der Waals surface area contributed by atoms with Gasteiger partial charge in [0.1, 0.15) is 5.78 Å². The van der Waals surface area contributed by atoms with Crippen LogP contribution >= 0.6 is 0 Å². The zero-order valence-corrected chi connectivity index (χ0v) is 13.8. The quantitative estimate of drug-likeness (QED) is 0.760. The third kappa shape index (κ3) is 5.14. The molecule has 1 fully saturated rings. The average molecular weight is 325 g/mol. The summed E-state index contributed by atoms with van der Waals surface area (Å²) in [5.74, 6) is -0.359. The van der Waals surface area contributed by atoms with E-state index in [1.807, 2.05) is 0 Å². The number of hydrogen-bond donors (Lipinski definition) is 1. The van der Waals surface area contributed by atoms with Crippen molar-refractivity contribution >= 4 is 25.5 Å². The van der Waals surface area contributed by atoms with Gasteiger partial charge in [0.25, 0.3) is 0 Å². The third-order valence-corrected chi connectivity index (χ3v) is 7.70. The van der Waals surface area contributed by atoms with Gasteiger partial charge in [0, 0.05) is 25.4 Å². The van der Waals surface area contributed by atoms with Gasteiger partial charge >= 0.3 is 0 Å². The van der Waals surface area contributed by atoms with Crippen LogP contribution in [0, 0.1) is 0 Å². The molecule has 0 aromatic heterocycles. The van der Waals surface area contributed by atoms with Crippen molar-refractivity contribution in [2.24, 2.45) is 0 Å². The van der Waals surface area contributed by atoms with Gasteiger partial charge in [-0.2, -0.15) is 0 Å². The largest absolute Gasteiger partial charge is 0.312 e. The first-order valence-electron chi connectivity index (χ1n) is 6.61. The number of carbonyl (C=O) groups is 1. The van der Waals surface area contributed by atoms with Crippen LogP contribution in [0.2, 0.25) is 0 Å². The van der Waals surface area contributed by atoms with E-state index in [9.17, 15) is 21.6 Å². The van der Waals surface area contributed by atoms with Gasteiger partial charge in [0.15, 0.2) is 19.7 Å². The zero-order chi connectivity index (χ0) is 15.6. The second-order valence-electron chi connectivity index (χ2n) is 6.19. The fourth-order valence-electron chi connectivity index (χ4n) is 1.93. The topological polar surface area (TPSA) is 97.4 Å². The summed E-state index contributed by atoms with van der Waals surface area (Å²) in [6, 6.07) is -0.390. The molecule has 8 heteroatoms. The van der Waals surface area contributed by atoms with Crippen LogP contribution in [0.25, 0.3) is 0 Å². The molecule has 0 radical (unpaired) electrons. The van der Waals surface area contributed by atoms with Crippen molar-refractivity contribution in [1.82, 2.24) is 5.32 Å². The summed E-state index contributed by atoms with van der Waals surface area (Å²) in [6.45, 7) is 5.15. The van der Waals surface area contributed by atoms with Crippen molar-refractivity contribution in [2.45, 2.75) is 44.4 Å². The fraction of sp³-hybridized carbons (Fsp3) is 0.917. The van der Waals surface area contributed by atoms with Gasteiger partial charge < -0.3 is 5.32 Å². The molecule has 0 spiro atoms. The Kier molecular flexibility index (Phi) is 5.37. The number of Topliss-reactive ketones (excluding diaryl/α,β-unsaturated/α-hetero) is 1. The van der Waals surface area contributed by atoms with Gasteiger partial charge in [-0.05, 0) is 20.8 Å². The molecule has 20 heavy (non-hydrogen) atoms. The standard InChI is InChI=1S/C12H23NO5S2/c1-12(2,3)20(17,18)6-4-11(14)8-10-9-19(15,16)7-5-13-10/h10,13H,4-9H2,1-3H3. The summed E-state index contributed by atoms with van der Waals surface area (Å²) in [7, 11) is -6.39. The smallest absolute Gasteiger partial charge is 0.155 e. The molecule has 1 unspecified atom stereocenters. The van der Waals surface area contributed by atoms with Crippen LogP contribution in [0.4, 0.5) is 0 Å². The number of nitrogens with one attached hydrogen (secondary N) is 1. The molecule has 1 saturated heterocycles. The highest BCUT2D eigenvalue weighted by Gasteiger charge is 2.30. The Morgan fingerprint density at radius 3 is 2.40 bits per heavy atom. The SMILES string of the molecule is CC(C)(C)S(=O)(=O)CCC(=O)CC1CS(=O)(=O)CCN1. The maximum atomic E-state index is 11.9. The molecule has 0 aromatic carbocycles. The molecule has 1 atom stereocenters. The van der Waals surface area contributed by atoms with Gasteiger partial charge in [-0.1, -0.05) is 0 Å². The lowest BCUT2D eigenvalue weighted by Crippen LogP contribution is -2.46. The number of rotatable bonds is 5. The monoisotopic (exact) mass is 325 g/mol. The Bertz CT molecular complexity index is 557. The van der Waals surface area contributed by atoms with Crippen LogP contribution < -0.4 is 5.32 Å². The summed E-state index contributed by atoms with van der Waals surface area (Å²) in [4.78, 5) is 11.8. The minimum absolute atomic E-state index is 0.0508. The van der Waals surface area contributed by atoms with E-state index < -0.39 is 30.5 Å². The first-order valence-corrected chi connectivity index (χ1v) is 10.1. The molecule has 6 nitrogen and oxygen atoms in total. The van der Waals surface area contributed by atoms with Crippen molar-refractivity contribution in [3.05, 3.63) is 0 Å². The molecule has 1 aliphatic heterocycles. The molecule has 1 heterocycles. The highest BCUT2D eigenvalue weighted by atomic mass is 32.2. The van der Waals surface area contributed by atoms with Crippen LogP contribution in [0.1, 0.15) is 33.6 Å². The van der Waals surface area contributed by atoms with E-state index in [1.54, 1.807) is 20.8 Å². The number of hydrogen-bond acceptors (Lipinski definition) is 6. The molecule has 1 aliphatic rings. The molecule has 0 aromatic rings.